The largest absolute Gasteiger partial charge is 0.424 e. The van der Waals surface area contributed by atoms with Gasteiger partial charge in [-0.2, -0.15) is 5.26 Å². The molecule has 9 nitrogen and oxygen atoms in total. The number of amides is 1. The molecule has 2 saturated carbocycles. The maximum Gasteiger partial charge on any atom is 0.234 e. The molecule has 0 spiro atoms. The molecule has 5 rings (SSSR count). The third-order valence-electron chi connectivity index (χ3n) is 6.04. The number of oxazole rings is 1. The number of rotatable bonds is 6. The number of nitriles is 1. The van der Waals surface area contributed by atoms with Crippen LogP contribution in [0.4, 0.5) is 5.88 Å². The summed E-state index contributed by atoms with van der Waals surface area (Å²) >= 11 is 0. The fourth-order valence-corrected chi connectivity index (χ4v) is 4.17. The molecule has 0 radical (unpaired) electrons. The summed E-state index contributed by atoms with van der Waals surface area (Å²) in [5.41, 5.74) is 0.316. The van der Waals surface area contributed by atoms with Crippen molar-refractivity contribution in [2.75, 3.05) is 18.0 Å². The minimum atomic E-state index is -0.0407. The minimum absolute atomic E-state index is 0.0407. The molecule has 29 heavy (non-hydrogen) atoms. The van der Waals surface area contributed by atoms with Crippen molar-refractivity contribution in [1.82, 2.24) is 25.1 Å². The summed E-state index contributed by atoms with van der Waals surface area (Å²) in [5.74, 6) is 3.60. The molecule has 2 aromatic heterocycles. The van der Waals surface area contributed by atoms with Gasteiger partial charge in [0, 0.05) is 37.9 Å². The highest BCUT2D eigenvalue weighted by Gasteiger charge is 2.36. The molecule has 1 aliphatic heterocycles. The highest BCUT2D eigenvalue weighted by molar-refractivity contribution is 5.78. The summed E-state index contributed by atoms with van der Waals surface area (Å²) in [6.07, 6.45) is 6.21. The lowest BCUT2D eigenvalue weighted by molar-refractivity contribution is -0.125. The molecule has 0 atom stereocenters. The first-order valence-corrected chi connectivity index (χ1v) is 10.5. The zero-order valence-electron chi connectivity index (χ0n) is 16.6. The maximum atomic E-state index is 12.7. The maximum absolute atomic E-state index is 12.7. The number of carbonyl (C=O) groups is 1. The molecule has 3 fully saturated rings. The molecule has 2 aliphatic carbocycles. The van der Waals surface area contributed by atoms with E-state index >= 15 is 0 Å². The third kappa shape index (κ3) is 3.59. The van der Waals surface area contributed by atoms with Crippen LogP contribution in [0.2, 0.25) is 0 Å². The Kier molecular flexibility index (Phi) is 4.49. The van der Waals surface area contributed by atoms with Gasteiger partial charge in [-0.1, -0.05) is 0 Å². The lowest BCUT2D eigenvalue weighted by Gasteiger charge is -2.30. The number of carbonyl (C=O) groups excluding carboxylic acids is 1. The monoisotopic (exact) mass is 395 g/mol. The van der Waals surface area contributed by atoms with E-state index in [4.69, 9.17) is 4.42 Å². The van der Waals surface area contributed by atoms with E-state index in [1.54, 1.807) is 6.92 Å². The van der Waals surface area contributed by atoms with Gasteiger partial charge in [-0.25, -0.2) is 4.98 Å². The second-order valence-electron chi connectivity index (χ2n) is 8.33. The van der Waals surface area contributed by atoms with Gasteiger partial charge in [0.05, 0.1) is 6.54 Å². The van der Waals surface area contributed by atoms with E-state index in [0.717, 1.165) is 24.5 Å². The molecule has 9 heteroatoms. The fourth-order valence-electron chi connectivity index (χ4n) is 4.17. The van der Waals surface area contributed by atoms with E-state index in [2.05, 4.69) is 31.1 Å². The van der Waals surface area contributed by atoms with Crippen LogP contribution < -0.4 is 10.2 Å². The quantitative estimate of drug-likeness (QED) is 0.797. The van der Waals surface area contributed by atoms with Gasteiger partial charge in [0.15, 0.2) is 11.7 Å². The lowest BCUT2D eigenvalue weighted by atomic mass is 9.96. The van der Waals surface area contributed by atoms with Crippen molar-refractivity contribution in [2.24, 2.45) is 5.92 Å². The zero-order valence-corrected chi connectivity index (χ0v) is 16.6. The first kappa shape index (κ1) is 18.2. The smallest absolute Gasteiger partial charge is 0.234 e. The summed E-state index contributed by atoms with van der Waals surface area (Å²) in [7, 11) is 0. The second kappa shape index (κ2) is 7.17. The second-order valence-corrected chi connectivity index (χ2v) is 8.33. The van der Waals surface area contributed by atoms with Crippen LogP contribution in [0.15, 0.2) is 4.42 Å². The van der Waals surface area contributed by atoms with Gasteiger partial charge >= 0.3 is 0 Å². The third-order valence-corrected chi connectivity index (χ3v) is 6.04. The van der Waals surface area contributed by atoms with Gasteiger partial charge in [0.1, 0.15) is 11.9 Å². The summed E-state index contributed by atoms with van der Waals surface area (Å²) in [4.78, 5) is 18.8. The molecule has 0 bridgehead atoms. The fraction of sp³-hybridized carbons (Fsp3) is 0.650. The average Bonchev–Trinajstić information content (AvgIpc) is 3.67. The average molecular weight is 395 g/mol. The number of hydrogen-bond acceptors (Lipinski definition) is 7. The Morgan fingerprint density at radius 3 is 2.62 bits per heavy atom. The van der Waals surface area contributed by atoms with Crippen LogP contribution in [-0.2, 0) is 11.3 Å². The van der Waals surface area contributed by atoms with E-state index in [1.807, 2.05) is 4.90 Å². The van der Waals surface area contributed by atoms with Crippen molar-refractivity contribution < 1.29 is 9.21 Å². The van der Waals surface area contributed by atoms with Crippen LogP contribution >= 0.6 is 0 Å². The van der Waals surface area contributed by atoms with Crippen LogP contribution in [0.3, 0.4) is 0 Å². The highest BCUT2D eigenvalue weighted by Crippen LogP contribution is 2.44. The summed E-state index contributed by atoms with van der Waals surface area (Å²) in [6.45, 7) is 3.52. The van der Waals surface area contributed by atoms with E-state index in [9.17, 15) is 10.1 Å². The number of aryl methyl sites for hydroxylation is 1. The van der Waals surface area contributed by atoms with E-state index in [1.165, 1.54) is 25.7 Å². The van der Waals surface area contributed by atoms with E-state index in [0.29, 0.717) is 49.1 Å². The Balaban J connectivity index is 1.17. The molecule has 1 amide bonds. The lowest BCUT2D eigenvalue weighted by Crippen LogP contribution is -2.40. The molecule has 0 unspecified atom stereocenters. The van der Waals surface area contributed by atoms with Gasteiger partial charge in [0.2, 0.25) is 17.5 Å². The first-order valence-electron chi connectivity index (χ1n) is 10.5. The Bertz CT molecular complexity index is 956. The molecule has 3 heterocycles. The number of piperidine rings is 1. The number of anilines is 1. The number of hydrogen-bond donors (Lipinski definition) is 1. The van der Waals surface area contributed by atoms with Gasteiger partial charge in [0.25, 0.3) is 0 Å². The van der Waals surface area contributed by atoms with Crippen molar-refractivity contribution in [3.63, 3.8) is 0 Å². The van der Waals surface area contributed by atoms with E-state index in [-0.39, 0.29) is 11.8 Å². The molecular weight excluding hydrogens is 370 g/mol. The predicted octanol–water partition coefficient (Wildman–Crippen LogP) is 2.19. The van der Waals surface area contributed by atoms with Gasteiger partial charge in [-0.3, -0.25) is 4.79 Å². The van der Waals surface area contributed by atoms with Crippen molar-refractivity contribution in [3.8, 4) is 6.07 Å². The molecular formula is C20H25N7O2. The van der Waals surface area contributed by atoms with Gasteiger partial charge < -0.3 is 19.2 Å². The van der Waals surface area contributed by atoms with Gasteiger partial charge in [-0.15, -0.1) is 10.2 Å². The molecule has 152 valence electrons. The summed E-state index contributed by atoms with van der Waals surface area (Å²) in [5, 5.41) is 21.1. The van der Waals surface area contributed by atoms with Gasteiger partial charge in [-0.05, 0) is 38.5 Å². The standard InChI is InChI=1S/C20H25N7O2/c1-12-23-16(10-21)20(29-12)26-8-6-14(7-9-26)19(28)22-11-17-24-25-18(13-2-3-13)27(17)15-4-5-15/h13-15H,2-9,11H2,1H3,(H,22,28). The molecule has 2 aromatic rings. The summed E-state index contributed by atoms with van der Waals surface area (Å²) < 4.78 is 7.86. The van der Waals surface area contributed by atoms with Crippen molar-refractivity contribution in [3.05, 3.63) is 23.2 Å². The van der Waals surface area contributed by atoms with Crippen LogP contribution in [0, 0.1) is 24.2 Å². The van der Waals surface area contributed by atoms with E-state index < -0.39 is 0 Å². The molecule has 1 N–H and O–H groups in total. The van der Waals surface area contributed by atoms with Crippen molar-refractivity contribution in [2.45, 2.75) is 64.0 Å². The Morgan fingerprint density at radius 1 is 1.21 bits per heavy atom. The summed E-state index contributed by atoms with van der Waals surface area (Å²) in [6, 6.07) is 2.60. The van der Waals surface area contributed by atoms with Crippen molar-refractivity contribution >= 4 is 11.8 Å². The normalized spacial score (nSPS) is 19.9. The molecule has 0 aromatic carbocycles. The number of aromatic nitrogens is 4. The number of nitrogens with zero attached hydrogens (tertiary/aromatic N) is 6. The van der Waals surface area contributed by atoms with Crippen molar-refractivity contribution in [1.29, 1.82) is 5.26 Å². The van der Waals surface area contributed by atoms with Crippen LogP contribution in [0.5, 0.6) is 0 Å². The topological polar surface area (TPSA) is 113 Å². The SMILES string of the molecule is Cc1nc(C#N)c(N2CCC(C(=O)NCc3nnc(C4CC4)n3C3CC3)CC2)o1. The molecule has 1 saturated heterocycles. The number of nitrogens with one attached hydrogen (secondary N) is 1. The minimum Gasteiger partial charge on any atom is -0.424 e. The Hall–Kier alpha value is -2.89. The Morgan fingerprint density at radius 2 is 1.97 bits per heavy atom. The first-order chi connectivity index (χ1) is 14.1. The van der Waals surface area contributed by atoms with Crippen LogP contribution in [-0.4, -0.2) is 38.7 Å². The Labute approximate surface area is 169 Å². The molecule has 3 aliphatic rings. The highest BCUT2D eigenvalue weighted by atomic mass is 16.4. The predicted molar refractivity (Wildman–Crippen MR) is 103 cm³/mol. The zero-order chi connectivity index (χ0) is 20.0. The van der Waals surface area contributed by atoms with Crippen LogP contribution in [0.25, 0.3) is 0 Å². The van der Waals surface area contributed by atoms with Crippen LogP contribution in [0.1, 0.15) is 73.7 Å².